The van der Waals surface area contributed by atoms with Gasteiger partial charge in [0.25, 0.3) is 0 Å². The molecule has 0 unspecified atom stereocenters. The molecule has 1 amide bonds. The van der Waals surface area contributed by atoms with Crippen LogP contribution in [0.15, 0.2) is 60.7 Å². The third-order valence-corrected chi connectivity index (χ3v) is 3.97. The van der Waals surface area contributed by atoms with Crippen LogP contribution in [0.5, 0.6) is 0 Å². The molecule has 1 aliphatic rings. The highest BCUT2D eigenvalue weighted by Gasteiger charge is 2.29. The summed E-state index contributed by atoms with van der Waals surface area (Å²) in [5.74, 6) is 0.140. The minimum Gasteiger partial charge on any atom is -0.348 e. The van der Waals surface area contributed by atoms with Crippen LogP contribution in [-0.4, -0.2) is 11.9 Å². The van der Waals surface area contributed by atoms with Crippen LogP contribution in [0.25, 0.3) is 0 Å². The van der Waals surface area contributed by atoms with Crippen LogP contribution in [0.1, 0.15) is 30.0 Å². The largest absolute Gasteiger partial charge is 0.348 e. The maximum atomic E-state index is 11.7. The predicted molar refractivity (Wildman–Crippen MR) is 83.6 cm³/mol. The predicted octanol–water partition coefficient (Wildman–Crippen LogP) is 2.80. The van der Waals surface area contributed by atoms with Crippen LogP contribution < -0.4 is 10.6 Å². The van der Waals surface area contributed by atoms with Crippen LogP contribution in [0, 0.1) is 0 Å². The summed E-state index contributed by atoms with van der Waals surface area (Å²) in [7, 11) is 0. The van der Waals surface area contributed by atoms with Crippen molar-refractivity contribution < 1.29 is 4.79 Å². The topological polar surface area (TPSA) is 41.1 Å². The van der Waals surface area contributed by atoms with Crippen molar-refractivity contribution in [1.29, 1.82) is 0 Å². The van der Waals surface area contributed by atoms with E-state index in [1.165, 1.54) is 5.56 Å². The van der Waals surface area contributed by atoms with Crippen molar-refractivity contribution in [3.05, 3.63) is 71.8 Å². The maximum Gasteiger partial charge on any atom is 0.220 e. The van der Waals surface area contributed by atoms with Gasteiger partial charge in [0.05, 0.1) is 6.04 Å². The molecule has 2 N–H and O–H groups in total. The van der Waals surface area contributed by atoms with Crippen molar-refractivity contribution in [3.63, 3.8) is 0 Å². The van der Waals surface area contributed by atoms with Crippen molar-refractivity contribution >= 4 is 5.91 Å². The van der Waals surface area contributed by atoms with Gasteiger partial charge in [0.15, 0.2) is 0 Å². The fraction of sp³-hybridized carbons (Fsp3) is 0.278. The smallest absolute Gasteiger partial charge is 0.220 e. The molecule has 1 aliphatic heterocycles. The van der Waals surface area contributed by atoms with Crippen LogP contribution in [-0.2, 0) is 11.3 Å². The lowest BCUT2D eigenvalue weighted by Crippen LogP contribution is -2.48. The van der Waals surface area contributed by atoms with Crippen LogP contribution >= 0.6 is 0 Å². The summed E-state index contributed by atoms with van der Waals surface area (Å²) in [6.45, 7) is 0.824. The SMILES string of the molecule is O=C1CC[C@@H](NCc2ccccc2)[C@H](c2ccccc2)N1. The summed E-state index contributed by atoms with van der Waals surface area (Å²) >= 11 is 0. The first kappa shape index (κ1) is 13.8. The highest BCUT2D eigenvalue weighted by molar-refractivity contribution is 5.77. The number of hydrogen-bond donors (Lipinski definition) is 2. The van der Waals surface area contributed by atoms with Gasteiger partial charge in [0.1, 0.15) is 0 Å². The van der Waals surface area contributed by atoms with Gasteiger partial charge in [-0.2, -0.15) is 0 Å². The molecular weight excluding hydrogens is 260 g/mol. The summed E-state index contributed by atoms with van der Waals surface area (Å²) in [5.41, 5.74) is 2.43. The van der Waals surface area contributed by atoms with Crippen LogP contribution in [0.4, 0.5) is 0 Å². The standard InChI is InChI=1S/C18H20N2O/c21-17-12-11-16(19-13-14-7-3-1-4-8-14)18(20-17)15-9-5-2-6-10-15/h1-10,16,18-19H,11-13H2,(H,20,21)/t16-,18+/m1/s1. The van der Waals surface area contributed by atoms with Gasteiger partial charge in [-0.05, 0) is 17.5 Å². The van der Waals surface area contributed by atoms with Gasteiger partial charge in [-0.25, -0.2) is 0 Å². The fourth-order valence-corrected chi connectivity index (χ4v) is 2.84. The zero-order valence-electron chi connectivity index (χ0n) is 12.0. The highest BCUT2D eigenvalue weighted by atomic mass is 16.1. The molecule has 3 heteroatoms. The van der Waals surface area contributed by atoms with E-state index in [-0.39, 0.29) is 18.0 Å². The molecule has 3 rings (SSSR count). The Morgan fingerprint density at radius 3 is 2.38 bits per heavy atom. The van der Waals surface area contributed by atoms with E-state index >= 15 is 0 Å². The van der Waals surface area contributed by atoms with Gasteiger partial charge in [-0.15, -0.1) is 0 Å². The minimum absolute atomic E-state index is 0.0520. The molecule has 1 heterocycles. The molecule has 0 spiro atoms. The molecule has 3 nitrogen and oxygen atoms in total. The Morgan fingerprint density at radius 1 is 1.00 bits per heavy atom. The van der Waals surface area contributed by atoms with E-state index in [0.29, 0.717) is 6.42 Å². The van der Waals surface area contributed by atoms with E-state index in [2.05, 4.69) is 34.9 Å². The lowest BCUT2D eigenvalue weighted by atomic mass is 9.92. The van der Waals surface area contributed by atoms with Crippen molar-refractivity contribution in [1.82, 2.24) is 10.6 Å². The Hall–Kier alpha value is -2.13. The Bertz CT molecular complexity index is 583. The first-order chi connectivity index (χ1) is 10.3. The van der Waals surface area contributed by atoms with Crippen LogP contribution in [0.3, 0.4) is 0 Å². The van der Waals surface area contributed by atoms with Crippen LogP contribution in [0.2, 0.25) is 0 Å². The normalized spacial score (nSPS) is 21.8. The first-order valence-electron chi connectivity index (χ1n) is 7.44. The van der Waals surface area contributed by atoms with E-state index in [1.54, 1.807) is 0 Å². The Balaban J connectivity index is 1.71. The number of carbonyl (C=O) groups is 1. The number of amides is 1. The molecule has 0 radical (unpaired) electrons. The average Bonchev–Trinajstić information content (AvgIpc) is 2.55. The molecule has 0 bridgehead atoms. The van der Waals surface area contributed by atoms with Crippen molar-refractivity contribution in [3.8, 4) is 0 Å². The zero-order valence-corrected chi connectivity index (χ0v) is 12.0. The molecule has 21 heavy (non-hydrogen) atoms. The zero-order chi connectivity index (χ0) is 14.5. The minimum atomic E-state index is 0.0520. The van der Waals surface area contributed by atoms with Gasteiger partial charge in [0, 0.05) is 19.0 Å². The molecule has 2 atom stereocenters. The van der Waals surface area contributed by atoms with Crippen molar-refractivity contribution in [2.45, 2.75) is 31.5 Å². The lowest BCUT2D eigenvalue weighted by molar-refractivity contribution is -0.123. The molecule has 2 aromatic rings. The van der Waals surface area contributed by atoms with E-state index in [9.17, 15) is 4.79 Å². The summed E-state index contributed by atoms with van der Waals surface area (Å²) < 4.78 is 0. The molecule has 2 aromatic carbocycles. The third kappa shape index (κ3) is 3.50. The first-order valence-corrected chi connectivity index (χ1v) is 7.44. The maximum absolute atomic E-state index is 11.7. The number of hydrogen-bond acceptors (Lipinski definition) is 2. The molecule has 0 saturated carbocycles. The molecule has 0 aliphatic carbocycles. The molecule has 1 fully saturated rings. The molecule has 108 valence electrons. The van der Waals surface area contributed by atoms with Gasteiger partial charge in [-0.3, -0.25) is 4.79 Å². The second kappa shape index (κ2) is 6.55. The number of carbonyl (C=O) groups excluding carboxylic acids is 1. The van der Waals surface area contributed by atoms with Gasteiger partial charge in [0.2, 0.25) is 5.91 Å². The highest BCUT2D eigenvalue weighted by Crippen LogP contribution is 2.24. The van der Waals surface area contributed by atoms with E-state index < -0.39 is 0 Å². The number of benzene rings is 2. The van der Waals surface area contributed by atoms with Gasteiger partial charge < -0.3 is 10.6 Å². The Kier molecular flexibility index (Phi) is 4.31. The van der Waals surface area contributed by atoms with Crippen molar-refractivity contribution in [2.75, 3.05) is 0 Å². The van der Waals surface area contributed by atoms with E-state index in [4.69, 9.17) is 0 Å². The van der Waals surface area contributed by atoms with Gasteiger partial charge >= 0.3 is 0 Å². The average molecular weight is 280 g/mol. The second-order valence-corrected chi connectivity index (χ2v) is 5.47. The second-order valence-electron chi connectivity index (χ2n) is 5.47. The lowest BCUT2D eigenvalue weighted by Gasteiger charge is -2.33. The van der Waals surface area contributed by atoms with E-state index in [0.717, 1.165) is 18.5 Å². The Labute approximate surface area is 125 Å². The van der Waals surface area contributed by atoms with Gasteiger partial charge in [-0.1, -0.05) is 60.7 Å². The summed E-state index contributed by atoms with van der Waals surface area (Å²) in [6, 6.07) is 20.9. The summed E-state index contributed by atoms with van der Waals surface area (Å²) in [6.07, 6.45) is 1.47. The van der Waals surface area contributed by atoms with Crippen molar-refractivity contribution in [2.24, 2.45) is 0 Å². The molecular formula is C18H20N2O. The molecule has 1 saturated heterocycles. The number of nitrogens with one attached hydrogen (secondary N) is 2. The third-order valence-electron chi connectivity index (χ3n) is 3.97. The molecule has 0 aromatic heterocycles. The fourth-order valence-electron chi connectivity index (χ4n) is 2.84. The number of rotatable bonds is 4. The summed E-state index contributed by atoms with van der Waals surface area (Å²) in [5, 5.41) is 6.71. The number of piperidine rings is 1. The summed E-state index contributed by atoms with van der Waals surface area (Å²) in [4.78, 5) is 11.7. The quantitative estimate of drug-likeness (QED) is 0.904. The Morgan fingerprint density at radius 2 is 1.67 bits per heavy atom. The monoisotopic (exact) mass is 280 g/mol. The van der Waals surface area contributed by atoms with E-state index in [1.807, 2.05) is 36.4 Å².